The van der Waals surface area contributed by atoms with E-state index in [1.54, 1.807) is 11.3 Å². The van der Waals surface area contributed by atoms with Gasteiger partial charge in [-0.3, -0.25) is 0 Å². The third-order valence-corrected chi connectivity index (χ3v) is 5.11. The number of ether oxygens (including phenoxy) is 1. The number of hydrogen-bond acceptors (Lipinski definition) is 7. The first-order valence-corrected chi connectivity index (χ1v) is 9.32. The molecule has 0 aliphatic rings. The molecule has 0 aliphatic carbocycles. The molecule has 0 amide bonds. The molecule has 0 saturated heterocycles. The van der Waals surface area contributed by atoms with Crippen molar-refractivity contribution >= 4 is 23.1 Å². The molecule has 2 N–H and O–H groups in total. The Hall–Kier alpha value is -2.06. The van der Waals surface area contributed by atoms with Crippen LogP contribution in [-0.2, 0) is 12.4 Å². The van der Waals surface area contributed by atoms with Gasteiger partial charge in [-0.1, -0.05) is 17.8 Å². The molecule has 126 valence electrons. The molecule has 0 saturated carbocycles. The second-order valence-corrected chi connectivity index (χ2v) is 7.53. The molecule has 2 aromatic heterocycles. The molecule has 3 rings (SSSR count). The Morgan fingerprint density at radius 2 is 1.92 bits per heavy atom. The summed E-state index contributed by atoms with van der Waals surface area (Å²) in [5.41, 5.74) is 3.35. The first kappa shape index (κ1) is 16.8. The number of thiazole rings is 1. The molecular weight excluding hydrogens is 342 g/mol. The summed E-state index contributed by atoms with van der Waals surface area (Å²) in [5, 5.41) is 12.0. The van der Waals surface area contributed by atoms with Crippen LogP contribution in [0.25, 0.3) is 0 Å². The lowest BCUT2D eigenvalue weighted by Crippen LogP contribution is -2.15. The summed E-state index contributed by atoms with van der Waals surface area (Å²) in [6.07, 6.45) is 0. The Kier molecular flexibility index (Phi) is 5.06. The molecule has 0 spiro atoms. The lowest BCUT2D eigenvalue weighted by molar-refractivity contribution is 0.291. The van der Waals surface area contributed by atoms with E-state index in [2.05, 4.69) is 21.2 Å². The minimum absolute atomic E-state index is 0.281. The zero-order valence-electron chi connectivity index (χ0n) is 13.8. The van der Waals surface area contributed by atoms with Crippen molar-refractivity contribution in [3.63, 3.8) is 0 Å². The van der Waals surface area contributed by atoms with Crippen LogP contribution in [-0.4, -0.2) is 19.9 Å². The smallest absolute Gasteiger partial charge is 0.210 e. The fraction of sp³-hybridized carbons (Fsp3) is 0.312. The van der Waals surface area contributed by atoms with Crippen LogP contribution in [0.15, 0.2) is 28.7 Å². The third kappa shape index (κ3) is 4.07. The number of rotatable bonds is 6. The summed E-state index contributed by atoms with van der Waals surface area (Å²) in [4.78, 5) is 4.43. The van der Waals surface area contributed by atoms with E-state index in [0.29, 0.717) is 11.0 Å². The van der Waals surface area contributed by atoms with Gasteiger partial charge < -0.3 is 10.6 Å². The summed E-state index contributed by atoms with van der Waals surface area (Å²) < 4.78 is 7.27. The Labute approximate surface area is 149 Å². The topological polar surface area (TPSA) is 78.9 Å². The molecule has 0 aliphatic heterocycles. The van der Waals surface area contributed by atoms with E-state index in [0.717, 1.165) is 33.3 Å². The van der Waals surface area contributed by atoms with E-state index < -0.39 is 0 Å². The van der Waals surface area contributed by atoms with Crippen molar-refractivity contribution in [2.45, 2.75) is 38.3 Å². The number of nitrogens with zero attached hydrogens (tertiary/aromatic N) is 4. The van der Waals surface area contributed by atoms with Crippen LogP contribution in [0.2, 0.25) is 0 Å². The van der Waals surface area contributed by atoms with Gasteiger partial charge in [-0.25, -0.2) is 9.66 Å². The number of thioether (sulfide) groups is 1. The van der Waals surface area contributed by atoms with Gasteiger partial charge in [0.1, 0.15) is 12.4 Å². The highest BCUT2D eigenvalue weighted by Gasteiger charge is 2.12. The van der Waals surface area contributed by atoms with Crippen molar-refractivity contribution in [1.29, 1.82) is 0 Å². The quantitative estimate of drug-likeness (QED) is 0.536. The zero-order chi connectivity index (χ0) is 17.1. The van der Waals surface area contributed by atoms with Gasteiger partial charge in [-0.15, -0.1) is 21.5 Å². The van der Waals surface area contributed by atoms with Crippen LogP contribution in [0, 0.1) is 20.8 Å². The molecule has 1 aromatic carbocycles. The second kappa shape index (κ2) is 7.23. The van der Waals surface area contributed by atoms with Gasteiger partial charge >= 0.3 is 0 Å². The van der Waals surface area contributed by atoms with Crippen LogP contribution in [0.1, 0.15) is 27.7 Å². The van der Waals surface area contributed by atoms with Gasteiger partial charge in [0, 0.05) is 11.1 Å². The largest absolute Gasteiger partial charge is 0.486 e. The van der Waals surface area contributed by atoms with Gasteiger partial charge in [0.05, 0.1) is 10.7 Å². The highest BCUT2D eigenvalue weighted by atomic mass is 32.2. The average Bonchev–Trinajstić information content (AvgIpc) is 3.08. The first-order chi connectivity index (χ1) is 11.5. The van der Waals surface area contributed by atoms with Gasteiger partial charge in [0.2, 0.25) is 5.16 Å². The molecular formula is C16H19N5OS2. The summed E-state index contributed by atoms with van der Waals surface area (Å²) >= 11 is 3.15. The number of nitrogens with two attached hydrogens (primary N) is 1. The summed E-state index contributed by atoms with van der Waals surface area (Å²) in [7, 11) is 0. The molecule has 3 aromatic rings. The van der Waals surface area contributed by atoms with Crippen molar-refractivity contribution in [3.05, 3.63) is 51.2 Å². The molecule has 0 fully saturated rings. The minimum atomic E-state index is 0.281. The van der Waals surface area contributed by atoms with Crippen molar-refractivity contribution in [1.82, 2.24) is 19.9 Å². The number of aromatic nitrogens is 4. The fourth-order valence-corrected chi connectivity index (χ4v) is 3.77. The molecule has 0 radical (unpaired) electrons. The van der Waals surface area contributed by atoms with Crippen molar-refractivity contribution in [3.8, 4) is 5.75 Å². The molecule has 2 heterocycles. The standard InChI is InChI=1S/C16H19N5OS2/c1-10-4-11(2)6-14(5-10)22-7-15-19-20-16(21(15)17)24-9-13-8-23-12(3)18-13/h4-6,8H,7,9,17H2,1-3H3. The van der Waals surface area contributed by atoms with E-state index in [4.69, 9.17) is 10.6 Å². The van der Waals surface area contributed by atoms with E-state index in [1.165, 1.54) is 16.4 Å². The minimum Gasteiger partial charge on any atom is -0.486 e. The molecule has 0 atom stereocenters. The second-order valence-electron chi connectivity index (χ2n) is 5.53. The number of benzene rings is 1. The summed E-state index contributed by atoms with van der Waals surface area (Å²) in [6, 6.07) is 6.09. The maximum atomic E-state index is 6.07. The Morgan fingerprint density at radius 3 is 2.58 bits per heavy atom. The zero-order valence-corrected chi connectivity index (χ0v) is 15.4. The van der Waals surface area contributed by atoms with Gasteiger partial charge in [0.25, 0.3) is 0 Å². The predicted molar refractivity (Wildman–Crippen MR) is 96.8 cm³/mol. The monoisotopic (exact) mass is 361 g/mol. The van der Waals surface area contributed by atoms with Crippen LogP contribution >= 0.6 is 23.1 Å². The molecule has 24 heavy (non-hydrogen) atoms. The summed E-state index contributed by atoms with van der Waals surface area (Å²) in [6.45, 7) is 6.36. The highest BCUT2D eigenvalue weighted by Crippen LogP contribution is 2.22. The van der Waals surface area contributed by atoms with E-state index in [1.807, 2.05) is 38.3 Å². The Morgan fingerprint density at radius 1 is 1.17 bits per heavy atom. The lowest BCUT2D eigenvalue weighted by Gasteiger charge is -2.08. The van der Waals surface area contributed by atoms with Crippen molar-refractivity contribution < 1.29 is 4.74 Å². The van der Waals surface area contributed by atoms with E-state index in [9.17, 15) is 0 Å². The molecule has 0 bridgehead atoms. The average molecular weight is 361 g/mol. The third-order valence-electron chi connectivity index (χ3n) is 3.31. The lowest BCUT2D eigenvalue weighted by atomic mass is 10.1. The van der Waals surface area contributed by atoms with E-state index >= 15 is 0 Å². The molecule has 0 unspecified atom stereocenters. The van der Waals surface area contributed by atoms with Gasteiger partial charge in [-0.05, 0) is 44.0 Å². The maximum absolute atomic E-state index is 6.07. The molecule has 6 nitrogen and oxygen atoms in total. The van der Waals surface area contributed by atoms with Crippen LogP contribution < -0.4 is 10.6 Å². The molecule has 8 heteroatoms. The van der Waals surface area contributed by atoms with Crippen LogP contribution in [0.5, 0.6) is 5.75 Å². The van der Waals surface area contributed by atoms with Gasteiger partial charge in [0.15, 0.2) is 5.82 Å². The summed E-state index contributed by atoms with van der Waals surface area (Å²) in [5.74, 6) is 8.19. The number of nitrogen functional groups attached to an aromatic ring is 1. The maximum Gasteiger partial charge on any atom is 0.210 e. The highest BCUT2D eigenvalue weighted by molar-refractivity contribution is 7.98. The van der Waals surface area contributed by atoms with Crippen molar-refractivity contribution in [2.24, 2.45) is 0 Å². The number of hydrogen-bond donors (Lipinski definition) is 1. The van der Waals surface area contributed by atoms with Crippen LogP contribution in [0.3, 0.4) is 0 Å². The normalized spacial score (nSPS) is 11.0. The predicted octanol–water partition coefficient (Wildman–Crippen LogP) is 3.24. The van der Waals surface area contributed by atoms with Crippen LogP contribution in [0.4, 0.5) is 0 Å². The van der Waals surface area contributed by atoms with Gasteiger partial charge in [-0.2, -0.15) is 0 Å². The van der Waals surface area contributed by atoms with Crippen molar-refractivity contribution in [2.75, 3.05) is 5.84 Å². The fourth-order valence-electron chi connectivity index (χ4n) is 2.28. The number of aryl methyl sites for hydroxylation is 3. The first-order valence-electron chi connectivity index (χ1n) is 7.45. The van der Waals surface area contributed by atoms with E-state index in [-0.39, 0.29) is 6.61 Å². The SMILES string of the molecule is Cc1cc(C)cc(OCc2nnc(SCc3csc(C)n3)n2N)c1. The Balaban J connectivity index is 1.62. The Bertz CT molecular complexity index is 823.